The van der Waals surface area contributed by atoms with E-state index in [1.54, 1.807) is 4.90 Å². The SMILES string of the molecule is CCC1C(=O)N(C)[C@@H]1C. The molecule has 0 spiro atoms. The summed E-state index contributed by atoms with van der Waals surface area (Å²) in [5.74, 6) is 0.625. The van der Waals surface area contributed by atoms with Gasteiger partial charge in [0.25, 0.3) is 0 Å². The Morgan fingerprint density at radius 1 is 1.67 bits per heavy atom. The van der Waals surface area contributed by atoms with Gasteiger partial charge < -0.3 is 4.90 Å². The molecule has 0 aromatic rings. The summed E-state index contributed by atoms with van der Waals surface area (Å²) >= 11 is 0. The monoisotopic (exact) mass is 127 g/mol. The van der Waals surface area contributed by atoms with Gasteiger partial charge >= 0.3 is 0 Å². The smallest absolute Gasteiger partial charge is 0.227 e. The Balaban J connectivity index is 2.51. The van der Waals surface area contributed by atoms with Gasteiger partial charge in [-0.15, -0.1) is 0 Å². The number of nitrogens with zero attached hydrogens (tertiary/aromatic N) is 1. The number of amides is 1. The highest BCUT2D eigenvalue weighted by Crippen LogP contribution is 2.26. The zero-order chi connectivity index (χ0) is 7.02. The fraction of sp³-hybridized carbons (Fsp3) is 0.857. The minimum absolute atomic E-state index is 0.310. The molecule has 0 saturated carbocycles. The minimum Gasteiger partial charge on any atom is -0.342 e. The summed E-state index contributed by atoms with van der Waals surface area (Å²) < 4.78 is 0. The lowest BCUT2D eigenvalue weighted by Crippen LogP contribution is -2.56. The molecule has 0 aliphatic carbocycles. The van der Waals surface area contributed by atoms with Crippen LogP contribution in [0.2, 0.25) is 0 Å². The molecule has 1 aliphatic rings. The Morgan fingerprint density at radius 2 is 2.22 bits per heavy atom. The van der Waals surface area contributed by atoms with Crippen molar-refractivity contribution >= 4 is 5.91 Å². The van der Waals surface area contributed by atoms with Crippen LogP contribution >= 0.6 is 0 Å². The van der Waals surface area contributed by atoms with Crippen LogP contribution in [0, 0.1) is 5.92 Å². The first-order valence-corrected chi connectivity index (χ1v) is 3.45. The molecule has 1 saturated heterocycles. The van der Waals surface area contributed by atoms with Crippen LogP contribution < -0.4 is 0 Å². The highest BCUT2D eigenvalue weighted by Gasteiger charge is 2.39. The summed E-state index contributed by atoms with van der Waals surface area (Å²) in [6, 6.07) is 0.475. The van der Waals surface area contributed by atoms with Gasteiger partial charge in [0.2, 0.25) is 5.91 Å². The van der Waals surface area contributed by atoms with Crippen LogP contribution in [0.15, 0.2) is 0 Å². The third-order valence-corrected chi connectivity index (χ3v) is 2.30. The molecule has 2 heteroatoms. The fourth-order valence-corrected chi connectivity index (χ4v) is 1.37. The quantitative estimate of drug-likeness (QED) is 0.479. The number of β-lactam (4-membered cyclic amide) rings is 1. The predicted molar refractivity (Wildman–Crippen MR) is 36.0 cm³/mol. The molecule has 1 rings (SSSR count). The van der Waals surface area contributed by atoms with Gasteiger partial charge in [-0.05, 0) is 13.3 Å². The van der Waals surface area contributed by atoms with Crippen molar-refractivity contribution in [1.29, 1.82) is 0 Å². The normalized spacial score (nSPS) is 34.6. The molecule has 1 heterocycles. The maximum absolute atomic E-state index is 10.9. The standard InChI is InChI=1S/C7H13NO/c1-4-6-5(2)8(3)7(6)9/h5-6H,4H2,1-3H3/t5-,6?/m1/s1. The van der Waals surface area contributed by atoms with Gasteiger partial charge in [-0.2, -0.15) is 0 Å². The molecular weight excluding hydrogens is 114 g/mol. The number of hydrogen-bond acceptors (Lipinski definition) is 1. The molecule has 0 bridgehead atoms. The van der Waals surface area contributed by atoms with Crippen LogP contribution in [0.5, 0.6) is 0 Å². The van der Waals surface area contributed by atoms with Crippen molar-refractivity contribution in [1.82, 2.24) is 4.90 Å². The van der Waals surface area contributed by atoms with Gasteiger partial charge in [-0.25, -0.2) is 0 Å². The first-order chi connectivity index (χ1) is 4.18. The summed E-state index contributed by atoms with van der Waals surface area (Å²) in [5.41, 5.74) is 0. The van der Waals surface area contributed by atoms with E-state index in [-0.39, 0.29) is 0 Å². The Hall–Kier alpha value is -0.530. The Morgan fingerprint density at radius 3 is 2.44 bits per heavy atom. The van der Waals surface area contributed by atoms with Crippen molar-refractivity contribution in [2.24, 2.45) is 5.92 Å². The predicted octanol–water partition coefficient (Wildman–Crippen LogP) is 0.873. The number of carbonyl (C=O) groups excluding carboxylic acids is 1. The molecule has 0 aromatic carbocycles. The third-order valence-electron chi connectivity index (χ3n) is 2.30. The van der Waals surface area contributed by atoms with Gasteiger partial charge in [0.05, 0.1) is 5.92 Å². The molecule has 1 aliphatic heterocycles. The summed E-state index contributed by atoms with van der Waals surface area (Å²) in [6.45, 7) is 4.15. The van der Waals surface area contributed by atoms with E-state index in [4.69, 9.17) is 0 Å². The zero-order valence-corrected chi connectivity index (χ0v) is 6.22. The second kappa shape index (κ2) is 2.01. The number of carbonyl (C=O) groups is 1. The van der Waals surface area contributed by atoms with E-state index in [0.717, 1.165) is 6.42 Å². The van der Waals surface area contributed by atoms with Gasteiger partial charge in [0.15, 0.2) is 0 Å². The highest BCUT2D eigenvalue weighted by molar-refractivity contribution is 5.85. The van der Waals surface area contributed by atoms with Crippen molar-refractivity contribution in [3.63, 3.8) is 0 Å². The average Bonchev–Trinajstić information content (AvgIpc) is 1.89. The number of likely N-dealkylation sites (tertiary alicyclic amines) is 1. The maximum Gasteiger partial charge on any atom is 0.227 e. The molecular formula is C7H13NO. The third kappa shape index (κ3) is 0.732. The maximum atomic E-state index is 10.9. The molecule has 1 amide bonds. The summed E-state index contributed by atoms with van der Waals surface area (Å²) in [6.07, 6.45) is 0.990. The molecule has 0 N–H and O–H groups in total. The van der Waals surface area contributed by atoms with Gasteiger partial charge in [0.1, 0.15) is 0 Å². The van der Waals surface area contributed by atoms with E-state index in [1.165, 1.54) is 0 Å². The lowest BCUT2D eigenvalue weighted by atomic mass is 9.87. The molecule has 1 unspecified atom stereocenters. The molecule has 2 atom stereocenters. The fourth-order valence-electron chi connectivity index (χ4n) is 1.37. The molecule has 1 fully saturated rings. The van der Waals surface area contributed by atoms with Crippen molar-refractivity contribution in [2.75, 3.05) is 7.05 Å². The number of hydrogen-bond donors (Lipinski definition) is 0. The average molecular weight is 127 g/mol. The second-order valence-corrected chi connectivity index (χ2v) is 2.70. The van der Waals surface area contributed by atoms with Gasteiger partial charge in [-0.3, -0.25) is 4.79 Å². The van der Waals surface area contributed by atoms with Crippen LogP contribution in [-0.4, -0.2) is 23.9 Å². The molecule has 2 nitrogen and oxygen atoms in total. The number of rotatable bonds is 1. The molecule has 0 radical (unpaired) electrons. The Labute approximate surface area is 55.8 Å². The zero-order valence-electron chi connectivity index (χ0n) is 6.22. The first kappa shape index (κ1) is 6.59. The van der Waals surface area contributed by atoms with Crippen molar-refractivity contribution < 1.29 is 4.79 Å². The van der Waals surface area contributed by atoms with E-state index in [0.29, 0.717) is 17.9 Å². The molecule has 52 valence electrons. The van der Waals surface area contributed by atoms with E-state index in [2.05, 4.69) is 13.8 Å². The topological polar surface area (TPSA) is 20.3 Å². The largest absolute Gasteiger partial charge is 0.342 e. The summed E-state index contributed by atoms with van der Waals surface area (Å²) in [4.78, 5) is 12.7. The first-order valence-electron chi connectivity index (χ1n) is 3.45. The van der Waals surface area contributed by atoms with Crippen LogP contribution in [-0.2, 0) is 4.79 Å². The highest BCUT2D eigenvalue weighted by atomic mass is 16.2. The lowest BCUT2D eigenvalue weighted by Gasteiger charge is -2.42. The van der Waals surface area contributed by atoms with Crippen molar-refractivity contribution in [2.45, 2.75) is 26.3 Å². The van der Waals surface area contributed by atoms with Gasteiger partial charge in [-0.1, -0.05) is 6.92 Å². The van der Waals surface area contributed by atoms with E-state index < -0.39 is 0 Å². The Kier molecular flexibility index (Phi) is 1.47. The minimum atomic E-state index is 0.310. The van der Waals surface area contributed by atoms with Crippen LogP contribution in [0.4, 0.5) is 0 Å². The second-order valence-electron chi connectivity index (χ2n) is 2.70. The van der Waals surface area contributed by atoms with Crippen molar-refractivity contribution in [3.8, 4) is 0 Å². The Bertz CT molecular complexity index is 133. The van der Waals surface area contributed by atoms with Gasteiger partial charge in [0, 0.05) is 13.1 Å². The van der Waals surface area contributed by atoms with E-state index in [1.807, 2.05) is 7.05 Å². The summed E-state index contributed by atoms with van der Waals surface area (Å²) in [5, 5.41) is 0. The van der Waals surface area contributed by atoms with E-state index in [9.17, 15) is 4.79 Å². The van der Waals surface area contributed by atoms with E-state index >= 15 is 0 Å². The lowest BCUT2D eigenvalue weighted by molar-refractivity contribution is -0.152. The van der Waals surface area contributed by atoms with Crippen LogP contribution in [0.25, 0.3) is 0 Å². The van der Waals surface area contributed by atoms with Crippen LogP contribution in [0.1, 0.15) is 20.3 Å². The molecule has 0 aromatic heterocycles. The van der Waals surface area contributed by atoms with Crippen LogP contribution in [0.3, 0.4) is 0 Å². The summed E-state index contributed by atoms with van der Waals surface area (Å²) in [7, 11) is 1.86. The van der Waals surface area contributed by atoms with Crippen molar-refractivity contribution in [3.05, 3.63) is 0 Å². The molecule has 9 heavy (non-hydrogen) atoms.